The minimum Gasteiger partial charge on any atom is -0.345 e. The summed E-state index contributed by atoms with van der Waals surface area (Å²) >= 11 is 0. The fraction of sp³-hybridized carbons (Fsp3) is 0. The van der Waals surface area contributed by atoms with E-state index in [1.54, 1.807) is 18.7 Å². The van der Waals surface area contributed by atoms with E-state index in [1.165, 1.54) is 12.3 Å². The van der Waals surface area contributed by atoms with E-state index < -0.39 is 0 Å². The van der Waals surface area contributed by atoms with Crippen LogP contribution in [0, 0.1) is 5.82 Å². The van der Waals surface area contributed by atoms with Crippen molar-refractivity contribution in [3.05, 3.63) is 36.8 Å². The Morgan fingerprint density at radius 1 is 1.17 bits per heavy atom. The summed E-state index contributed by atoms with van der Waals surface area (Å²) < 4.78 is 12.7. The first-order chi connectivity index (χ1) is 5.86. The minimum absolute atomic E-state index is 0.345. The van der Waals surface area contributed by atoms with Crippen LogP contribution in [-0.2, 0) is 0 Å². The molecule has 0 aliphatic carbocycles. The van der Waals surface area contributed by atoms with Gasteiger partial charge >= 0.3 is 0 Å². The van der Waals surface area contributed by atoms with Crippen LogP contribution in [0.15, 0.2) is 31.0 Å². The number of hydrogen-bond acceptors (Lipinski definition) is 2. The van der Waals surface area contributed by atoms with Gasteiger partial charge in [0.05, 0.1) is 24.4 Å². The fourth-order valence-electron chi connectivity index (χ4n) is 0.973. The maximum atomic E-state index is 12.7. The second-order valence-corrected chi connectivity index (χ2v) is 2.36. The van der Waals surface area contributed by atoms with Gasteiger partial charge in [0.2, 0.25) is 0 Å². The quantitative estimate of drug-likeness (QED) is 0.693. The van der Waals surface area contributed by atoms with Gasteiger partial charge < -0.3 is 4.98 Å². The molecule has 0 saturated heterocycles. The van der Waals surface area contributed by atoms with E-state index in [0.717, 1.165) is 5.69 Å². The third kappa shape index (κ3) is 1.18. The molecule has 0 atom stereocenters. The summed E-state index contributed by atoms with van der Waals surface area (Å²) in [5.41, 5.74) is 1.47. The van der Waals surface area contributed by atoms with E-state index in [9.17, 15) is 4.39 Å². The normalized spacial score (nSPS) is 10.1. The fourth-order valence-corrected chi connectivity index (χ4v) is 0.973. The molecule has 3 nitrogen and oxygen atoms in total. The highest BCUT2D eigenvalue weighted by Crippen LogP contribution is 2.14. The van der Waals surface area contributed by atoms with Crippen molar-refractivity contribution in [1.29, 1.82) is 0 Å². The van der Waals surface area contributed by atoms with Gasteiger partial charge in [-0.1, -0.05) is 0 Å². The average molecular weight is 163 g/mol. The minimum atomic E-state index is -0.345. The van der Waals surface area contributed by atoms with Gasteiger partial charge in [0.25, 0.3) is 0 Å². The zero-order valence-corrected chi connectivity index (χ0v) is 6.16. The number of halogens is 1. The Bertz CT molecular complexity index is 370. The van der Waals surface area contributed by atoms with Crippen LogP contribution in [0.1, 0.15) is 0 Å². The van der Waals surface area contributed by atoms with Crippen LogP contribution in [0.2, 0.25) is 0 Å². The third-order valence-electron chi connectivity index (χ3n) is 1.51. The highest BCUT2D eigenvalue weighted by Gasteiger charge is 1.99. The van der Waals surface area contributed by atoms with Gasteiger partial charge in [0.15, 0.2) is 0 Å². The van der Waals surface area contributed by atoms with Crippen LogP contribution in [0.4, 0.5) is 4.39 Å². The molecule has 0 unspecified atom stereocenters. The van der Waals surface area contributed by atoms with Gasteiger partial charge in [-0.05, 0) is 6.07 Å². The highest BCUT2D eigenvalue weighted by atomic mass is 19.1. The van der Waals surface area contributed by atoms with Gasteiger partial charge in [-0.25, -0.2) is 9.37 Å². The SMILES string of the molecule is Fc1cncc(-c2cnc[nH]2)c1. The molecule has 0 aromatic carbocycles. The Labute approximate surface area is 68.3 Å². The van der Waals surface area contributed by atoms with E-state index in [1.807, 2.05) is 0 Å². The van der Waals surface area contributed by atoms with Gasteiger partial charge in [-0.15, -0.1) is 0 Å². The predicted octanol–water partition coefficient (Wildman–Crippen LogP) is 1.61. The summed E-state index contributed by atoms with van der Waals surface area (Å²) in [5.74, 6) is -0.345. The van der Waals surface area contributed by atoms with Crippen LogP contribution in [0.25, 0.3) is 11.3 Å². The van der Waals surface area contributed by atoms with E-state index >= 15 is 0 Å². The summed E-state index contributed by atoms with van der Waals surface area (Å²) in [6.45, 7) is 0. The van der Waals surface area contributed by atoms with Crippen molar-refractivity contribution < 1.29 is 4.39 Å². The van der Waals surface area contributed by atoms with E-state index in [4.69, 9.17) is 0 Å². The first-order valence-corrected chi connectivity index (χ1v) is 3.45. The molecule has 60 valence electrons. The van der Waals surface area contributed by atoms with Crippen molar-refractivity contribution in [3.63, 3.8) is 0 Å². The number of aromatic amines is 1. The lowest BCUT2D eigenvalue weighted by Gasteiger charge is -1.94. The third-order valence-corrected chi connectivity index (χ3v) is 1.51. The molecule has 0 spiro atoms. The highest BCUT2D eigenvalue weighted by molar-refractivity contribution is 5.56. The zero-order chi connectivity index (χ0) is 8.39. The van der Waals surface area contributed by atoms with E-state index in [-0.39, 0.29) is 5.82 Å². The lowest BCUT2D eigenvalue weighted by molar-refractivity contribution is 0.622. The number of rotatable bonds is 1. The van der Waals surface area contributed by atoms with Crippen LogP contribution in [0.3, 0.4) is 0 Å². The zero-order valence-electron chi connectivity index (χ0n) is 6.16. The molecular formula is C8H6FN3. The average Bonchev–Trinajstić information content (AvgIpc) is 2.56. The maximum absolute atomic E-state index is 12.7. The van der Waals surface area contributed by atoms with Gasteiger partial charge in [0.1, 0.15) is 5.82 Å². The van der Waals surface area contributed by atoms with E-state index in [0.29, 0.717) is 5.56 Å². The van der Waals surface area contributed by atoms with Gasteiger partial charge in [-0.2, -0.15) is 0 Å². The molecule has 0 aliphatic heterocycles. The molecule has 2 aromatic heterocycles. The van der Waals surface area contributed by atoms with Crippen molar-refractivity contribution in [2.24, 2.45) is 0 Å². The molecule has 1 N–H and O–H groups in total. The first-order valence-electron chi connectivity index (χ1n) is 3.45. The molecule has 0 saturated carbocycles. The van der Waals surface area contributed by atoms with Crippen molar-refractivity contribution in [2.75, 3.05) is 0 Å². The summed E-state index contributed by atoms with van der Waals surface area (Å²) in [6.07, 6.45) is 5.91. The summed E-state index contributed by atoms with van der Waals surface area (Å²) in [6, 6.07) is 1.40. The number of hydrogen-bond donors (Lipinski definition) is 1. The molecule has 2 rings (SSSR count). The number of nitrogens with zero attached hydrogens (tertiary/aromatic N) is 2. The number of aromatic nitrogens is 3. The van der Waals surface area contributed by atoms with Crippen LogP contribution in [0.5, 0.6) is 0 Å². The van der Waals surface area contributed by atoms with Crippen LogP contribution >= 0.6 is 0 Å². The summed E-state index contributed by atoms with van der Waals surface area (Å²) in [5, 5.41) is 0. The van der Waals surface area contributed by atoms with Crippen LogP contribution in [-0.4, -0.2) is 15.0 Å². The number of pyridine rings is 1. The van der Waals surface area contributed by atoms with Gasteiger partial charge in [-0.3, -0.25) is 4.98 Å². The molecule has 0 bridgehead atoms. The summed E-state index contributed by atoms with van der Waals surface area (Å²) in [4.78, 5) is 10.4. The molecule has 4 heteroatoms. The Kier molecular flexibility index (Phi) is 1.59. The standard InChI is InChI=1S/C8H6FN3/c9-7-1-6(2-10-3-7)8-4-11-5-12-8/h1-5H,(H,11,12). The lowest BCUT2D eigenvalue weighted by atomic mass is 10.2. The molecule has 2 aromatic rings. The Balaban J connectivity index is 2.48. The van der Waals surface area contributed by atoms with Gasteiger partial charge in [0, 0.05) is 11.8 Å². The molecule has 0 aliphatic rings. The number of imidazole rings is 1. The lowest BCUT2D eigenvalue weighted by Crippen LogP contribution is -1.82. The second kappa shape index (κ2) is 2.73. The molecule has 0 amide bonds. The largest absolute Gasteiger partial charge is 0.345 e. The second-order valence-electron chi connectivity index (χ2n) is 2.36. The Morgan fingerprint density at radius 3 is 2.75 bits per heavy atom. The number of nitrogens with one attached hydrogen (secondary N) is 1. The monoisotopic (exact) mass is 163 g/mol. The van der Waals surface area contributed by atoms with Crippen molar-refractivity contribution >= 4 is 0 Å². The Morgan fingerprint density at radius 2 is 2.08 bits per heavy atom. The number of H-pyrrole nitrogens is 1. The topological polar surface area (TPSA) is 41.6 Å². The smallest absolute Gasteiger partial charge is 0.142 e. The van der Waals surface area contributed by atoms with E-state index in [2.05, 4.69) is 15.0 Å². The molecule has 12 heavy (non-hydrogen) atoms. The van der Waals surface area contributed by atoms with Crippen LogP contribution < -0.4 is 0 Å². The summed E-state index contributed by atoms with van der Waals surface area (Å²) in [7, 11) is 0. The van der Waals surface area contributed by atoms with Crippen molar-refractivity contribution in [1.82, 2.24) is 15.0 Å². The maximum Gasteiger partial charge on any atom is 0.142 e. The molecule has 2 heterocycles. The van der Waals surface area contributed by atoms with Crippen molar-refractivity contribution in [3.8, 4) is 11.3 Å². The Hall–Kier alpha value is -1.71. The predicted molar refractivity (Wildman–Crippen MR) is 41.8 cm³/mol. The molecule has 0 radical (unpaired) electrons. The first kappa shape index (κ1) is 6.97. The van der Waals surface area contributed by atoms with Crippen molar-refractivity contribution in [2.45, 2.75) is 0 Å². The molecule has 0 fully saturated rings. The molecular weight excluding hydrogens is 157 g/mol.